The number of aryl methyl sites for hydroxylation is 1. The van der Waals surface area contributed by atoms with E-state index in [-0.39, 0.29) is 18.3 Å². The largest absolute Gasteiger partial charge is 0.494 e. The van der Waals surface area contributed by atoms with Gasteiger partial charge in [0.15, 0.2) is 5.76 Å². The minimum absolute atomic E-state index is 0. The molecule has 0 aliphatic carbocycles. The fraction of sp³-hybridized carbons (Fsp3) is 0.450. The molecule has 0 unspecified atom stereocenters. The van der Waals surface area contributed by atoms with Crippen LogP contribution in [-0.2, 0) is 6.42 Å². The van der Waals surface area contributed by atoms with Crippen LogP contribution in [0.4, 0.5) is 0 Å². The van der Waals surface area contributed by atoms with Crippen molar-refractivity contribution in [2.75, 3.05) is 39.3 Å². The predicted octanol–water partition coefficient (Wildman–Crippen LogP) is 3.49. The second-order valence-electron chi connectivity index (χ2n) is 6.29. The van der Waals surface area contributed by atoms with Crippen molar-refractivity contribution in [2.24, 2.45) is 0 Å². The number of furan rings is 1. The van der Waals surface area contributed by atoms with E-state index < -0.39 is 0 Å². The Balaban J connectivity index is 0.00000243. The molecule has 26 heavy (non-hydrogen) atoms. The SMILES string of the molecule is CCOc1ccc(CCCN2CCN(C(=O)c3ccco3)CC2)cc1.Cl. The van der Waals surface area contributed by atoms with Crippen LogP contribution in [-0.4, -0.2) is 55.0 Å². The number of halogens is 1. The van der Waals surface area contributed by atoms with E-state index in [0.717, 1.165) is 51.3 Å². The topological polar surface area (TPSA) is 45.9 Å². The van der Waals surface area contributed by atoms with Gasteiger partial charge in [-0.05, 0) is 56.1 Å². The maximum Gasteiger partial charge on any atom is 0.289 e. The highest BCUT2D eigenvalue weighted by Crippen LogP contribution is 2.14. The van der Waals surface area contributed by atoms with Crippen LogP contribution in [0.15, 0.2) is 47.1 Å². The summed E-state index contributed by atoms with van der Waals surface area (Å²) in [4.78, 5) is 16.6. The molecule has 1 amide bonds. The average Bonchev–Trinajstić information content (AvgIpc) is 3.18. The minimum Gasteiger partial charge on any atom is -0.494 e. The van der Waals surface area contributed by atoms with Crippen molar-refractivity contribution in [3.8, 4) is 5.75 Å². The van der Waals surface area contributed by atoms with Crippen LogP contribution in [0, 0.1) is 0 Å². The second-order valence-corrected chi connectivity index (χ2v) is 6.29. The van der Waals surface area contributed by atoms with Gasteiger partial charge in [0.1, 0.15) is 5.75 Å². The van der Waals surface area contributed by atoms with Gasteiger partial charge in [0.05, 0.1) is 12.9 Å². The van der Waals surface area contributed by atoms with Gasteiger partial charge in [-0.3, -0.25) is 9.69 Å². The molecule has 0 bridgehead atoms. The van der Waals surface area contributed by atoms with Gasteiger partial charge >= 0.3 is 0 Å². The van der Waals surface area contributed by atoms with E-state index >= 15 is 0 Å². The molecule has 0 N–H and O–H groups in total. The van der Waals surface area contributed by atoms with E-state index in [1.165, 1.54) is 5.56 Å². The van der Waals surface area contributed by atoms with E-state index in [0.29, 0.717) is 12.4 Å². The molecule has 3 rings (SSSR count). The standard InChI is InChI=1S/C20H26N2O3.ClH/c1-2-24-18-9-7-17(8-10-18)5-3-11-21-12-14-22(15-13-21)20(23)19-6-4-16-25-19;/h4,6-10,16H,2-3,5,11-15H2,1H3;1H. The summed E-state index contributed by atoms with van der Waals surface area (Å²) in [5, 5.41) is 0. The highest BCUT2D eigenvalue weighted by molar-refractivity contribution is 5.91. The Kier molecular flexibility index (Phi) is 8.01. The molecule has 2 aromatic rings. The van der Waals surface area contributed by atoms with Gasteiger partial charge in [-0.1, -0.05) is 12.1 Å². The third kappa shape index (κ3) is 5.51. The maximum atomic E-state index is 12.2. The van der Waals surface area contributed by atoms with Gasteiger partial charge < -0.3 is 14.1 Å². The number of nitrogens with zero attached hydrogens (tertiary/aromatic N) is 2. The molecule has 2 heterocycles. The van der Waals surface area contributed by atoms with Gasteiger partial charge in [0.25, 0.3) is 5.91 Å². The average molecular weight is 379 g/mol. The molecule has 1 aliphatic heterocycles. The lowest BCUT2D eigenvalue weighted by Gasteiger charge is -2.34. The molecule has 0 saturated carbocycles. The summed E-state index contributed by atoms with van der Waals surface area (Å²) in [5.41, 5.74) is 1.34. The lowest BCUT2D eigenvalue weighted by atomic mass is 10.1. The van der Waals surface area contributed by atoms with Gasteiger partial charge in [0.2, 0.25) is 0 Å². The maximum absolute atomic E-state index is 12.2. The molecule has 1 saturated heterocycles. The highest BCUT2D eigenvalue weighted by Gasteiger charge is 2.23. The van der Waals surface area contributed by atoms with Gasteiger partial charge in [-0.15, -0.1) is 12.4 Å². The number of carbonyl (C=O) groups excluding carboxylic acids is 1. The van der Waals surface area contributed by atoms with E-state index in [1.54, 1.807) is 18.4 Å². The first-order valence-corrected chi connectivity index (χ1v) is 9.03. The number of benzene rings is 1. The summed E-state index contributed by atoms with van der Waals surface area (Å²) < 4.78 is 10.7. The first-order valence-electron chi connectivity index (χ1n) is 9.03. The highest BCUT2D eigenvalue weighted by atomic mass is 35.5. The molecule has 6 heteroatoms. The molecule has 142 valence electrons. The Morgan fingerprint density at radius 3 is 2.46 bits per heavy atom. The van der Waals surface area contributed by atoms with Crippen molar-refractivity contribution in [3.05, 3.63) is 54.0 Å². The van der Waals surface area contributed by atoms with Crippen LogP contribution < -0.4 is 4.74 Å². The van der Waals surface area contributed by atoms with Crippen molar-refractivity contribution in [1.29, 1.82) is 0 Å². The van der Waals surface area contributed by atoms with Crippen molar-refractivity contribution in [3.63, 3.8) is 0 Å². The van der Waals surface area contributed by atoms with Crippen molar-refractivity contribution in [2.45, 2.75) is 19.8 Å². The molecular weight excluding hydrogens is 352 g/mol. The molecule has 5 nitrogen and oxygen atoms in total. The lowest BCUT2D eigenvalue weighted by Crippen LogP contribution is -2.48. The summed E-state index contributed by atoms with van der Waals surface area (Å²) >= 11 is 0. The Morgan fingerprint density at radius 2 is 1.85 bits per heavy atom. The number of hydrogen-bond acceptors (Lipinski definition) is 4. The molecule has 0 spiro atoms. The number of hydrogen-bond donors (Lipinski definition) is 0. The normalized spacial score (nSPS) is 14.7. The van der Waals surface area contributed by atoms with Crippen molar-refractivity contribution < 1.29 is 13.9 Å². The number of amides is 1. The third-order valence-electron chi connectivity index (χ3n) is 4.57. The Labute approximate surface area is 161 Å². The monoisotopic (exact) mass is 378 g/mol. The van der Waals surface area contributed by atoms with Crippen LogP contribution in [0.3, 0.4) is 0 Å². The van der Waals surface area contributed by atoms with E-state index in [1.807, 2.05) is 24.0 Å². The molecular formula is C20H27ClN2O3. The fourth-order valence-electron chi connectivity index (χ4n) is 3.16. The Bertz CT molecular complexity index is 650. The smallest absolute Gasteiger partial charge is 0.289 e. The fourth-order valence-corrected chi connectivity index (χ4v) is 3.16. The molecule has 0 atom stereocenters. The second kappa shape index (κ2) is 10.2. The number of carbonyl (C=O) groups is 1. The molecule has 1 aromatic heterocycles. The van der Waals surface area contributed by atoms with Crippen LogP contribution in [0.5, 0.6) is 5.75 Å². The summed E-state index contributed by atoms with van der Waals surface area (Å²) in [6, 6.07) is 11.8. The molecule has 1 aliphatic rings. The summed E-state index contributed by atoms with van der Waals surface area (Å²) in [6.07, 6.45) is 3.74. The van der Waals surface area contributed by atoms with Crippen LogP contribution in [0.1, 0.15) is 29.5 Å². The summed E-state index contributed by atoms with van der Waals surface area (Å²) in [7, 11) is 0. The Morgan fingerprint density at radius 1 is 1.12 bits per heavy atom. The minimum atomic E-state index is -0.000891. The van der Waals surface area contributed by atoms with Gasteiger partial charge in [-0.25, -0.2) is 0 Å². The molecule has 1 fully saturated rings. The lowest BCUT2D eigenvalue weighted by molar-refractivity contribution is 0.0605. The van der Waals surface area contributed by atoms with E-state index in [2.05, 4.69) is 17.0 Å². The van der Waals surface area contributed by atoms with Crippen LogP contribution >= 0.6 is 12.4 Å². The first kappa shape index (κ1) is 20.3. The molecule has 0 radical (unpaired) electrons. The van der Waals surface area contributed by atoms with Crippen molar-refractivity contribution >= 4 is 18.3 Å². The zero-order valence-electron chi connectivity index (χ0n) is 15.2. The quantitative estimate of drug-likeness (QED) is 0.739. The van der Waals surface area contributed by atoms with E-state index in [4.69, 9.17) is 9.15 Å². The summed E-state index contributed by atoms with van der Waals surface area (Å²) in [6.45, 7) is 7.15. The summed E-state index contributed by atoms with van der Waals surface area (Å²) in [5.74, 6) is 1.37. The zero-order valence-corrected chi connectivity index (χ0v) is 16.0. The van der Waals surface area contributed by atoms with Gasteiger partial charge in [-0.2, -0.15) is 0 Å². The zero-order chi connectivity index (χ0) is 17.5. The Hall–Kier alpha value is -1.98. The number of ether oxygens (including phenoxy) is 1. The van der Waals surface area contributed by atoms with Crippen LogP contribution in [0.25, 0.3) is 0 Å². The molecule has 1 aromatic carbocycles. The van der Waals surface area contributed by atoms with E-state index in [9.17, 15) is 4.79 Å². The number of piperazine rings is 1. The predicted molar refractivity (Wildman–Crippen MR) is 104 cm³/mol. The third-order valence-corrected chi connectivity index (χ3v) is 4.57. The van der Waals surface area contributed by atoms with Crippen molar-refractivity contribution in [1.82, 2.24) is 9.80 Å². The van der Waals surface area contributed by atoms with Crippen LogP contribution in [0.2, 0.25) is 0 Å². The first-order chi connectivity index (χ1) is 12.3. The van der Waals surface area contributed by atoms with Gasteiger partial charge in [0, 0.05) is 26.2 Å². The number of rotatable bonds is 7.